The Morgan fingerprint density at radius 3 is 2.30 bits per heavy atom. The van der Waals surface area contributed by atoms with Crippen molar-refractivity contribution in [3.63, 3.8) is 0 Å². The molecule has 0 radical (unpaired) electrons. The van der Waals surface area contributed by atoms with Gasteiger partial charge in [-0.05, 0) is 35.6 Å². The van der Waals surface area contributed by atoms with Gasteiger partial charge in [0.25, 0.3) is 0 Å². The van der Waals surface area contributed by atoms with E-state index in [1.807, 2.05) is 18.2 Å². The van der Waals surface area contributed by atoms with Crippen LogP contribution in [0.1, 0.15) is 37.4 Å². The summed E-state index contributed by atoms with van der Waals surface area (Å²) in [5.74, 6) is -1.36. The number of benzene rings is 2. The van der Waals surface area contributed by atoms with Gasteiger partial charge in [-0.15, -0.1) is 0 Å². The van der Waals surface area contributed by atoms with E-state index in [0.717, 1.165) is 24.0 Å². The van der Waals surface area contributed by atoms with Crippen LogP contribution in [0.25, 0.3) is 0 Å². The van der Waals surface area contributed by atoms with Gasteiger partial charge in [0.2, 0.25) is 0 Å². The van der Waals surface area contributed by atoms with Crippen LogP contribution in [0.3, 0.4) is 0 Å². The van der Waals surface area contributed by atoms with Gasteiger partial charge in [0.1, 0.15) is 0 Å². The molecule has 0 aromatic heterocycles. The molecule has 3 nitrogen and oxygen atoms in total. The fourth-order valence-corrected chi connectivity index (χ4v) is 2.51. The van der Waals surface area contributed by atoms with E-state index in [1.165, 1.54) is 12.1 Å². The van der Waals surface area contributed by atoms with Crippen molar-refractivity contribution >= 4 is 11.8 Å². The molecule has 0 amide bonds. The summed E-state index contributed by atoms with van der Waals surface area (Å²) in [6.45, 7) is 0. The average molecular weight is 274 g/mol. The average Bonchev–Trinajstić information content (AvgIpc) is 2.57. The number of carbonyl (C=O) groups excluding carboxylic acids is 2. The Balaban J connectivity index is 0.00000147. The Hall–Kier alpha value is -1.42. The molecular formula is C16H11NaO3. The first-order valence-electron chi connectivity index (χ1n) is 6.13. The zero-order chi connectivity index (χ0) is 13.4. The molecule has 0 bridgehead atoms. The monoisotopic (exact) mass is 274 g/mol. The van der Waals surface area contributed by atoms with Gasteiger partial charge in [0.05, 0.1) is 5.97 Å². The standard InChI is InChI=1S/C16H12O3.Na/c17-15-13-4-2-1-3-10(13)5-6-11-7-8-12(16(18)19)9-14(11)15;/h1-4,7-9H,5-6H2,(H,18,19);/q;+1/p-1. The minimum absolute atomic E-state index is 0. The summed E-state index contributed by atoms with van der Waals surface area (Å²) in [7, 11) is 0. The summed E-state index contributed by atoms with van der Waals surface area (Å²) in [5.41, 5.74) is 3.10. The van der Waals surface area contributed by atoms with Crippen LogP contribution < -0.4 is 34.7 Å². The smallest absolute Gasteiger partial charge is 0.545 e. The van der Waals surface area contributed by atoms with Crippen LogP contribution in [0.4, 0.5) is 0 Å². The normalized spacial score (nSPS) is 12.7. The molecule has 0 unspecified atom stereocenters. The zero-order valence-corrected chi connectivity index (χ0v) is 13.2. The van der Waals surface area contributed by atoms with Gasteiger partial charge in [-0.2, -0.15) is 0 Å². The van der Waals surface area contributed by atoms with Crippen molar-refractivity contribution in [3.05, 3.63) is 70.3 Å². The number of aromatic carboxylic acids is 1. The van der Waals surface area contributed by atoms with Crippen molar-refractivity contribution in [3.8, 4) is 0 Å². The number of carboxylic acid groups (broad SMARTS) is 1. The summed E-state index contributed by atoms with van der Waals surface area (Å²) >= 11 is 0. The summed E-state index contributed by atoms with van der Waals surface area (Å²) < 4.78 is 0. The number of rotatable bonds is 1. The number of fused-ring (bicyclic) bond motifs is 2. The Morgan fingerprint density at radius 1 is 0.950 bits per heavy atom. The minimum Gasteiger partial charge on any atom is -0.545 e. The summed E-state index contributed by atoms with van der Waals surface area (Å²) in [5, 5.41) is 10.9. The summed E-state index contributed by atoms with van der Waals surface area (Å²) in [6, 6.07) is 12.1. The molecule has 0 atom stereocenters. The van der Waals surface area contributed by atoms with Crippen molar-refractivity contribution in [1.29, 1.82) is 0 Å². The van der Waals surface area contributed by atoms with Crippen molar-refractivity contribution in [2.75, 3.05) is 0 Å². The molecule has 94 valence electrons. The predicted octanol–water partition coefficient (Wildman–Crippen LogP) is -1.62. The second-order valence-electron chi connectivity index (χ2n) is 4.65. The molecule has 1 aliphatic carbocycles. The van der Waals surface area contributed by atoms with Crippen LogP contribution in [0.5, 0.6) is 0 Å². The number of aryl methyl sites for hydroxylation is 2. The number of ketones is 1. The van der Waals surface area contributed by atoms with E-state index in [9.17, 15) is 14.7 Å². The van der Waals surface area contributed by atoms with Crippen LogP contribution in [0.15, 0.2) is 42.5 Å². The first-order valence-corrected chi connectivity index (χ1v) is 6.13. The van der Waals surface area contributed by atoms with Crippen molar-refractivity contribution in [2.45, 2.75) is 12.8 Å². The van der Waals surface area contributed by atoms with Crippen molar-refractivity contribution in [2.24, 2.45) is 0 Å². The molecule has 0 aliphatic heterocycles. The Kier molecular flexibility index (Phi) is 4.43. The zero-order valence-electron chi connectivity index (χ0n) is 11.2. The molecule has 0 heterocycles. The Bertz CT molecular complexity index is 692. The van der Waals surface area contributed by atoms with Gasteiger partial charge in [0.15, 0.2) is 5.78 Å². The van der Waals surface area contributed by atoms with E-state index >= 15 is 0 Å². The first kappa shape index (κ1) is 15.0. The first-order chi connectivity index (χ1) is 9.16. The number of hydrogen-bond acceptors (Lipinski definition) is 3. The van der Waals surface area contributed by atoms with Crippen LogP contribution in [-0.2, 0) is 12.8 Å². The molecule has 2 aromatic rings. The fraction of sp³-hybridized carbons (Fsp3) is 0.125. The quantitative estimate of drug-likeness (QED) is 0.588. The van der Waals surface area contributed by atoms with E-state index in [-0.39, 0.29) is 40.9 Å². The number of carboxylic acids is 1. The van der Waals surface area contributed by atoms with E-state index < -0.39 is 5.97 Å². The Labute approximate surface area is 138 Å². The Morgan fingerprint density at radius 2 is 1.60 bits per heavy atom. The van der Waals surface area contributed by atoms with Crippen molar-refractivity contribution < 1.29 is 44.3 Å². The molecule has 0 saturated heterocycles. The molecule has 0 N–H and O–H groups in total. The number of carbonyl (C=O) groups is 2. The minimum atomic E-state index is -1.26. The fourth-order valence-electron chi connectivity index (χ4n) is 2.51. The maximum absolute atomic E-state index is 12.5. The third kappa shape index (κ3) is 2.57. The predicted molar refractivity (Wildman–Crippen MR) is 68.1 cm³/mol. The van der Waals surface area contributed by atoms with Crippen LogP contribution >= 0.6 is 0 Å². The number of hydrogen-bond donors (Lipinski definition) is 0. The molecule has 2 aromatic carbocycles. The van der Waals surface area contributed by atoms with E-state index in [1.54, 1.807) is 12.1 Å². The van der Waals surface area contributed by atoms with E-state index in [0.29, 0.717) is 11.1 Å². The van der Waals surface area contributed by atoms with Gasteiger partial charge in [-0.3, -0.25) is 4.79 Å². The molecule has 1 aliphatic rings. The van der Waals surface area contributed by atoms with Gasteiger partial charge >= 0.3 is 29.6 Å². The molecular weight excluding hydrogens is 263 g/mol. The van der Waals surface area contributed by atoms with Gasteiger partial charge < -0.3 is 9.90 Å². The third-order valence-electron chi connectivity index (χ3n) is 3.52. The molecule has 4 heteroatoms. The topological polar surface area (TPSA) is 57.2 Å². The molecule has 0 saturated carbocycles. The van der Waals surface area contributed by atoms with Gasteiger partial charge in [-0.1, -0.05) is 36.4 Å². The summed E-state index contributed by atoms with van der Waals surface area (Å²) in [4.78, 5) is 23.4. The largest absolute Gasteiger partial charge is 1.00 e. The van der Waals surface area contributed by atoms with Gasteiger partial charge in [-0.25, -0.2) is 0 Å². The van der Waals surface area contributed by atoms with Crippen LogP contribution in [0, 0.1) is 0 Å². The summed E-state index contributed by atoms with van der Waals surface area (Å²) in [6.07, 6.45) is 1.53. The SMILES string of the molecule is O=C([O-])c1ccc2c(c1)C(=O)c1ccccc1CC2.[Na+]. The van der Waals surface area contributed by atoms with Crippen LogP contribution in [-0.4, -0.2) is 11.8 Å². The van der Waals surface area contributed by atoms with E-state index in [2.05, 4.69) is 0 Å². The van der Waals surface area contributed by atoms with Gasteiger partial charge in [0, 0.05) is 11.1 Å². The third-order valence-corrected chi connectivity index (χ3v) is 3.52. The second kappa shape index (κ2) is 5.92. The molecule has 0 fully saturated rings. The molecule has 3 rings (SSSR count). The van der Waals surface area contributed by atoms with Crippen molar-refractivity contribution in [1.82, 2.24) is 0 Å². The maximum atomic E-state index is 12.5. The van der Waals surface area contributed by atoms with Crippen LogP contribution in [0.2, 0.25) is 0 Å². The maximum Gasteiger partial charge on any atom is 1.00 e. The second-order valence-corrected chi connectivity index (χ2v) is 4.65. The molecule has 0 spiro atoms. The molecule has 20 heavy (non-hydrogen) atoms. The van der Waals surface area contributed by atoms with E-state index in [4.69, 9.17) is 0 Å².